The Morgan fingerprint density at radius 1 is 0.710 bits per heavy atom. The topological polar surface area (TPSA) is 52.6 Å². The monoisotopic (exact) mass is 420 g/mol. The second-order valence-electron chi connectivity index (χ2n) is 7.41. The fraction of sp³-hybridized carbons (Fsp3) is 0.333. The van der Waals surface area contributed by atoms with Crippen molar-refractivity contribution in [3.05, 3.63) is 84.0 Å². The average molecular weight is 421 g/mol. The van der Waals surface area contributed by atoms with Crippen LogP contribution in [0, 0.1) is 0 Å². The van der Waals surface area contributed by atoms with E-state index in [0.29, 0.717) is 11.5 Å². The highest BCUT2D eigenvalue weighted by molar-refractivity contribution is 5.93. The van der Waals surface area contributed by atoms with E-state index in [1.807, 2.05) is 74.5 Å². The first-order valence-electron chi connectivity index (χ1n) is 10.8. The molecule has 0 saturated heterocycles. The zero-order valence-corrected chi connectivity index (χ0v) is 18.8. The fourth-order valence-corrected chi connectivity index (χ4v) is 2.87. The van der Waals surface area contributed by atoms with Crippen molar-refractivity contribution in [3.63, 3.8) is 0 Å². The van der Waals surface area contributed by atoms with Crippen LogP contribution in [0.3, 0.4) is 0 Å². The van der Waals surface area contributed by atoms with Crippen molar-refractivity contribution < 1.29 is 19.1 Å². The molecule has 0 bridgehead atoms. The molecule has 0 radical (unpaired) electrons. The number of benzene rings is 2. The van der Waals surface area contributed by atoms with Gasteiger partial charge in [0.25, 0.3) is 0 Å². The van der Waals surface area contributed by atoms with Gasteiger partial charge in [-0.3, -0.25) is 9.59 Å². The summed E-state index contributed by atoms with van der Waals surface area (Å²) in [5.41, 5.74) is 2.28. The van der Waals surface area contributed by atoms with E-state index in [0.717, 1.165) is 30.4 Å². The maximum atomic E-state index is 11.9. The van der Waals surface area contributed by atoms with Crippen molar-refractivity contribution in [1.82, 2.24) is 0 Å². The molecule has 31 heavy (non-hydrogen) atoms. The molecule has 0 N–H and O–H groups in total. The number of hydrogen-bond acceptors (Lipinski definition) is 4. The summed E-state index contributed by atoms with van der Waals surface area (Å²) in [7, 11) is 0. The zero-order chi connectivity index (χ0) is 22.6. The van der Waals surface area contributed by atoms with Gasteiger partial charge in [-0.2, -0.15) is 0 Å². The molecule has 4 nitrogen and oxygen atoms in total. The summed E-state index contributed by atoms with van der Waals surface area (Å²) in [5.74, 6) is 1.28. The first-order valence-corrected chi connectivity index (χ1v) is 10.8. The number of carbonyl (C=O) groups is 2. The predicted molar refractivity (Wildman–Crippen MR) is 125 cm³/mol. The highest BCUT2D eigenvalue weighted by Crippen LogP contribution is 2.19. The number of ether oxygens (including phenoxy) is 2. The van der Waals surface area contributed by atoms with Crippen LogP contribution in [0.25, 0.3) is 0 Å². The van der Waals surface area contributed by atoms with Crippen LogP contribution in [0.5, 0.6) is 11.5 Å². The summed E-state index contributed by atoms with van der Waals surface area (Å²) in [6, 6.07) is 15.5. The summed E-state index contributed by atoms with van der Waals surface area (Å²) in [6.45, 7) is 7.49. The summed E-state index contributed by atoms with van der Waals surface area (Å²) < 4.78 is 11.5. The Labute approximate surface area is 185 Å². The molecule has 164 valence electrons. The second-order valence-corrected chi connectivity index (χ2v) is 7.41. The lowest BCUT2D eigenvalue weighted by Gasteiger charge is -2.13. The summed E-state index contributed by atoms with van der Waals surface area (Å²) in [6.07, 6.45) is 8.23. The average Bonchev–Trinajstić information content (AvgIpc) is 2.78. The molecular formula is C27H32O4. The van der Waals surface area contributed by atoms with E-state index >= 15 is 0 Å². The third-order valence-electron chi connectivity index (χ3n) is 4.72. The molecule has 0 amide bonds. The maximum Gasteiger partial charge on any atom is 0.195 e. The van der Waals surface area contributed by atoms with E-state index in [-0.39, 0.29) is 11.6 Å². The molecule has 0 aliphatic heterocycles. The number of rotatable bonds is 12. The molecule has 0 spiro atoms. The molecule has 2 aromatic rings. The minimum Gasteiger partial charge on any atom is -0.483 e. The van der Waals surface area contributed by atoms with Gasteiger partial charge in [0.15, 0.2) is 23.8 Å². The van der Waals surface area contributed by atoms with Gasteiger partial charge in [0.1, 0.15) is 11.5 Å². The van der Waals surface area contributed by atoms with Crippen molar-refractivity contribution in [1.29, 1.82) is 0 Å². The molecule has 2 atom stereocenters. The molecule has 0 saturated carbocycles. The molecule has 0 aliphatic carbocycles. The Hall–Kier alpha value is -3.14. The lowest BCUT2D eigenvalue weighted by Crippen LogP contribution is -2.21. The van der Waals surface area contributed by atoms with Gasteiger partial charge in [0.05, 0.1) is 0 Å². The zero-order valence-electron chi connectivity index (χ0n) is 18.8. The minimum atomic E-state index is -0.507. The van der Waals surface area contributed by atoms with Crippen molar-refractivity contribution in [2.24, 2.45) is 0 Å². The van der Waals surface area contributed by atoms with Gasteiger partial charge in [0.2, 0.25) is 0 Å². The highest BCUT2D eigenvalue weighted by atomic mass is 16.5. The van der Waals surface area contributed by atoms with Crippen LogP contribution >= 0.6 is 0 Å². The summed E-state index contributed by atoms with van der Waals surface area (Å²) in [4.78, 5) is 23.9. The van der Waals surface area contributed by atoms with Crippen LogP contribution in [0.15, 0.2) is 72.8 Å². The van der Waals surface area contributed by atoms with Gasteiger partial charge in [0, 0.05) is 0 Å². The van der Waals surface area contributed by atoms with E-state index in [1.165, 1.54) is 0 Å². The second kappa shape index (κ2) is 12.5. The molecule has 0 aromatic heterocycles. The Bertz CT molecular complexity index is 816. The molecule has 2 unspecified atom stereocenters. The Kier molecular flexibility index (Phi) is 9.76. The third-order valence-corrected chi connectivity index (χ3v) is 4.72. The van der Waals surface area contributed by atoms with E-state index in [4.69, 9.17) is 9.47 Å². The van der Waals surface area contributed by atoms with Crippen LogP contribution in [-0.2, 0) is 16.0 Å². The van der Waals surface area contributed by atoms with Crippen LogP contribution in [0.2, 0.25) is 0 Å². The first kappa shape index (κ1) is 24.1. The maximum absolute atomic E-state index is 11.9. The largest absolute Gasteiger partial charge is 0.483 e. The third kappa shape index (κ3) is 8.25. The van der Waals surface area contributed by atoms with E-state index in [9.17, 15) is 9.59 Å². The molecule has 0 fully saturated rings. The molecule has 2 aromatic carbocycles. The smallest absolute Gasteiger partial charge is 0.195 e. The molecule has 0 heterocycles. The van der Waals surface area contributed by atoms with Gasteiger partial charge in [-0.15, -0.1) is 0 Å². The number of allylic oxidation sites excluding steroid dienone is 2. The molecular weight excluding hydrogens is 388 g/mol. The first-order chi connectivity index (χ1) is 14.9. The predicted octanol–water partition coefficient (Wildman–Crippen LogP) is 5.88. The van der Waals surface area contributed by atoms with Gasteiger partial charge in [-0.1, -0.05) is 50.3 Å². The Balaban J connectivity index is 1.90. The summed E-state index contributed by atoms with van der Waals surface area (Å²) in [5, 5.41) is 0. The quantitative estimate of drug-likeness (QED) is 0.402. The Morgan fingerprint density at radius 3 is 1.39 bits per heavy atom. The van der Waals surface area contributed by atoms with Gasteiger partial charge in [-0.25, -0.2) is 0 Å². The van der Waals surface area contributed by atoms with E-state index in [1.54, 1.807) is 26.0 Å². The van der Waals surface area contributed by atoms with Crippen LogP contribution in [-0.4, -0.2) is 23.8 Å². The number of carbonyl (C=O) groups excluding carboxylic acids is 2. The van der Waals surface area contributed by atoms with Crippen LogP contribution < -0.4 is 9.47 Å². The Morgan fingerprint density at radius 2 is 1.06 bits per heavy atom. The minimum absolute atomic E-state index is 0.0364. The van der Waals surface area contributed by atoms with E-state index < -0.39 is 12.2 Å². The standard InChI is InChI=1S/C27H32O4/c1-5-7-9-26(28)20(3)30-24-15-11-22(12-16-24)19-23-13-17-25(18-14-23)31-21(4)27(29)10-8-6-2/h7-18,20-21H,5-6,19H2,1-4H3/b9-7+,10-8+. The van der Waals surface area contributed by atoms with Crippen LogP contribution in [0.1, 0.15) is 51.7 Å². The highest BCUT2D eigenvalue weighted by Gasteiger charge is 2.12. The van der Waals surface area contributed by atoms with Gasteiger partial charge >= 0.3 is 0 Å². The summed E-state index contributed by atoms with van der Waals surface area (Å²) >= 11 is 0. The van der Waals surface area contributed by atoms with Crippen molar-refractivity contribution >= 4 is 11.6 Å². The van der Waals surface area contributed by atoms with Gasteiger partial charge in [-0.05, 0) is 80.7 Å². The molecule has 2 rings (SSSR count). The normalized spacial score (nSPS) is 13.3. The lowest BCUT2D eigenvalue weighted by molar-refractivity contribution is -0.121. The van der Waals surface area contributed by atoms with Crippen molar-refractivity contribution in [2.75, 3.05) is 0 Å². The lowest BCUT2D eigenvalue weighted by atomic mass is 10.0. The van der Waals surface area contributed by atoms with Gasteiger partial charge < -0.3 is 9.47 Å². The van der Waals surface area contributed by atoms with Crippen molar-refractivity contribution in [3.8, 4) is 11.5 Å². The molecule has 4 heteroatoms. The fourth-order valence-electron chi connectivity index (χ4n) is 2.87. The van der Waals surface area contributed by atoms with E-state index in [2.05, 4.69) is 0 Å². The SMILES string of the molecule is CC/C=C/C(=O)C(C)Oc1ccc(Cc2ccc(OC(C)C(=O)/C=C/CC)cc2)cc1. The van der Waals surface area contributed by atoms with Crippen LogP contribution in [0.4, 0.5) is 0 Å². The number of ketones is 2. The molecule has 0 aliphatic rings. The van der Waals surface area contributed by atoms with Crippen molar-refractivity contribution in [2.45, 2.75) is 59.2 Å². The number of hydrogen-bond donors (Lipinski definition) is 0.